The molecule has 152 valence electrons. The summed E-state index contributed by atoms with van der Waals surface area (Å²) in [6.07, 6.45) is 25.9. The van der Waals surface area contributed by atoms with Gasteiger partial charge in [-0.15, -0.1) is 0 Å². The molecule has 0 spiro atoms. The maximum Gasteiger partial charge on any atom is 0.342 e. The standard InChI is InChI=1S/C22H44O3.Mg/c1-2-3-4-5-6-7-8-9-10-11-12-13-14-15-16-17-18-19-20-21-22(23)25-24;/h24H,2-21H2,1H3;. The summed E-state index contributed by atoms with van der Waals surface area (Å²) in [5.41, 5.74) is 0. The van der Waals surface area contributed by atoms with Crippen molar-refractivity contribution in [3.63, 3.8) is 0 Å². The predicted octanol–water partition coefficient (Wildman–Crippen LogP) is 7.44. The molecule has 0 aliphatic heterocycles. The van der Waals surface area contributed by atoms with Gasteiger partial charge in [-0.1, -0.05) is 122 Å². The zero-order valence-corrected chi connectivity index (χ0v) is 19.0. The molecule has 0 bridgehead atoms. The van der Waals surface area contributed by atoms with Crippen LogP contribution in [0, 0.1) is 0 Å². The van der Waals surface area contributed by atoms with Gasteiger partial charge in [0, 0.05) is 29.5 Å². The normalized spacial score (nSPS) is 10.5. The first-order valence-electron chi connectivity index (χ1n) is 11.2. The second-order valence-corrected chi connectivity index (χ2v) is 7.58. The first-order valence-corrected chi connectivity index (χ1v) is 11.2. The van der Waals surface area contributed by atoms with Crippen LogP contribution in [0.3, 0.4) is 0 Å². The van der Waals surface area contributed by atoms with Crippen LogP contribution in [0.1, 0.15) is 135 Å². The molecule has 3 nitrogen and oxygen atoms in total. The summed E-state index contributed by atoms with van der Waals surface area (Å²) in [7, 11) is 0. The Labute approximate surface area is 179 Å². The summed E-state index contributed by atoms with van der Waals surface area (Å²) in [4.78, 5) is 14.4. The van der Waals surface area contributed by atoms with Crippen molar-refractivity contribution in [1.29, 1.82) is 0 Å². The number of unbranched alkanes of at least 4 members (excludes halogenated alkanes) is 18. The first kappa shape index (κ1) is 28.4. The quantitative estimate of drug-likeness (QED) is 0.103. The lowest BCUT2D eigenvalue weighted by molar-refractivity contribution is -0.234. The fourth-order valence-corrected chi connectivity index (χ4v) is 3.39. The van der Waals surface area contributed by atoms with E-state index in [0.29, 0.717) is 6.42 Å². The van der Waals surface area contributed by atoms with Crippen LogP contribution in [0.25, 0.3) is 0 Å². The third-order valence-corrected chi connectivity index (χ3v) is 5.09. The van der Waals surface area contributed by atoms with Crippen LogP contribution in [0.15, 0.2) is 0 Å². The average Bonchev–Trinajstić information content (AvgIpc) is 2.63. The second-order valence-electron chi connectivity index (χ2n) is 7.58. The van der Waals surface area contributed by atoms with Gasteiger partial charge in [0.2, 0.25) is 0 Å². The van der Waals surface area contributed by atoms with E-state index in [1.807, 2.05) is 0 Å². The van der Waals surface area contributed by atoms with Crippen molar-refractivity contribution in [2.24, 2.45) is 0 Å². The van der Waals surface area contributed by atoms with Crippen molar-refractivity contribution in [2.75, 3.05) is 0 Å². The molecular formula is C22H44MgO3. The van der Waals surface area contributed by atoms with E-state index in [1.54, 1.807) is 0 Å². The highest BCUT2D eigenvalue weighted by atomic mass is 24.3. The molecule has 0 atom stereocenters. The number of carbonyl (C=O) groups excluding carboxylic acids is 1. The molecule has 4 heteroatoms. The van der Waals surface area contributed by atoms with Gasteiger partial charge >= 0.3 is 5.97 Å². The number of carbonyl (C=O) groups is 1. The van der Waals surface area contributed by atoms with Crippen molar-refractivity contribution in [3.8, 4) is 0 Å². The maximum atomic E-state index is 10.7. The van der Waals surface area contributed by atoms with E-state index in [-0.39, 0.29) is 23.1 Å². The smallest absolute Gasteiger partial charge is 0.301 e. The van der Waals surface area contributed by atoms with Crippen LogP contribution in [0.5, 0.6) is 0 Å². The van der Waals surface area contributed by atoms with Gasteiger partial charge in [-0.3, -0.25) is 0 Å². The Morgan fingerprint density at radius 1 is 0.577 bits per heavy atom. The van der Waals surface area contributed by atoms with Crippen LogP contribution in [0.4, 0.5) is 0 Å². The van der Waals surface area contributed by atoms with Gasteiger partial charge < -0.3 is 4.89 Å². The molecule has 0 rings (SSSR count). The summed E-state index contributed by atoms with van der Waals surface area (Å²) in [5.74, 6) is -0.507. The van der Waals surface area contributed by atoms with Crippen LogP contribution in [-0.2, 0) is 9.68 Å². The lowest BCUT2D eigenvalue weighted by Gasteiger charge is -2.04. The van der Waals surface area contributed by atoms with Gasteiger partial charge in [0.05, 0.1) is 0 Å². The van der Waals surface area contributed by atoms with Crippen molar-refractivity contribution >= 4 is 29.0 Å². The van der Waals surface area contributed by atoms with Crippen LogP contribution < -0.4 is 0 Å². The Kier molecular flexibility index (Phi) is 27.5. The molecule has 1 N–H and O–H groups in total. The maximum absolute atomic E-state index is 10.7. The number of rotatable bonds is 20. The molecule has 0 aromatic carbocycles. The summed E-state index contributed by atoms with van der Waals surface area (Å²) in [6, 6.07) is 0. The highest BCUT2D eigenvalue weighted by Gasteiger charge is 2.00. The minimum atomic E-state index is -0.507. The average molecular weight is 381 g/mol. The molecule has 0 fully saturated rings. The van der Waals surface area contributed by atoms with Gasteiger partial charge in [0.1, 0.15) is 0 Å². The number of hydrogen-bond donors (Lipinski definition) is 1. The highest BCUT2D eigenvalue weighted by molar-refractivity contribution is 5.75. The van der Waals surface area contributed by atoms with E-state index in [1.165, 1.54) is 109 Å². The van der Waals surface area contributed by atoms with E-state index in [2.05, 4.69) is 11.8 Å². The molecule has 0 heterocycles. The van der Waals surface area contributed by atoms with E-state index >= 15 is 0 Å². The molecule has 0 aliphatic rings. The zero-order valence-electron chi connectivity index (χ0n) is 17.6. The molecule has 0 aliphatic carbocycles. The van der Waals surface area contributed by atoms with E-state index in [9.17, 15) is 4.79 Å². The second kappa shape index (κ2) is 25.2. The molecule has 2 radical (unpaired) electrons. The molecule has 0 saturated carbocycles. The van der Waals surface area contributed by atoms with Crippen LogP contribution >= 0.6 is 0 Å². The molecule has 0 aromatic rings. The van der Waals surface area contributed by atoms with Crippen molar-refractivity contribution < 1.29 is 14.9 Å². The molecule has 0 amide bonds. The molecule has 0 unspecified atom stereocenters. The Morgan fingerprint density at radius 2 is 0.846 bits per heavy atom. The van der Waals surface area contributed by atoms with Crippen molar-refractivity contribution in [3.05, 3.63) is 0 Å². The summed E-state index contributed by atoms with van der Waals surface area (Å²) >= 11 is 0. The SMILES string of the molecule is CCCCCCCCCCCCCCCCCCCCCC(=O)OO.[Mg]. The summed E-state index contributed by atoms with van der Waals surface area (Å²) in [6.45, 7) is 2.28. The van der Waals surface area contributed by atoms with Crippen molar-refractivity contribution in [1.82, 2.24) is 0 Å². The van der Waals surface area contributed by atoms with Crippen LogP contribution in [0.2, 0.25) is 0 Å². The lowest BCUT2D eigenvalue weighted by Crippen LogP contribution is -1.99. The monoisotopic (exact) mass is 380 g/mol. The highest BCUT2D eigenvalue weighted by Crippen LogP contribution is 2.14. The van der Waals surface area contributed by atoms with Crippen LogP contribution in [-0.4, -0.2) is 34.3 Å². The Bertz CT molecular complexity index is 272. The zero-order chi connectivity index (χ0) is 18.4. The molecule has 26 heavy (non-hydrogen) atoms. The van der Waals surface area contributed by atoms with E-state index < -0.39 is 5.97 Å². The fourth-order valence-electron chi connectivity index (χ4n) is 3.39. The summed E-state index contributed by atoms with van der Waals surface area (Å²) < 4.78 is 0. The first-order chi connectivity index (χ1) is 12.3. The molecule has 0 aromatic heterocycles. The topological polar surface area (TPSA) is 46.5 Å². The molecular weight excluding hydrogens is 337 g/mol. The molecule has 0 saturated heterocycles. The third-order valence-electron chi connectivity index (χ3n) is 5.09. The van der Waals surface area contributed by atoms with Gasteiger partial charge in [0.15, 0.2) is 0 Å². The lowest BCUT2D eigenvalue weighted by atomic mass is 10.0. The minimum Gasteiger partial charge on any atom is -0.301 e. The van der Waals surface area contributed by atoms with E-state index in [0.717, 1.165) is 12.8 Å². The van der Waals surface area contributed by atoms with Gasteiger partial charge in [0.25, 0.3) is 0 Å². The Hall–Kier alpha value is 0.196. The number of hydrogen-bond acceptors (Lipinski definition) is 3. The minimum absolute atomic E-state index is 0. The fraction of sp³-hybridized carbons (Fsp3) is 0.955. The van der Waals surface area contributed by atoms with Crippen molar-refractivity contribution in [2.45, 2.75) is 135 Å². The third kappa shape index (κ3) is 24.2. The Morgan fingerprint density at radius 3 is 1.12 bits per heavy atom. The summed E-state index contributed by atoms with van der Waals surface area (Å²) in [5, 5.41) is 8.14. The van der Waals surface area contributed by atoms with Gasteiger partial charge in [-0.05, 0) is 6.42 Å². The Balaban J connectivity index is 0. The van der Waals surface area contributed by atoms with E-state index in [4.69, 9.17) is 5.26 Å². The van der Waals surface area contributed by atoms with Gasteiger partial charge in [-0.2, -0.15) is 5.26 Å². The predicted molar refractivity (Wildman–Crippen MR) is 112 cm³/mol. The van der Waals surface area contributed by atoms with Gasteiger partial charge in [-0.25, -0.2) is 4.79 Å². The largest absolute Gasteiger partial charge is 0.342 e.